The standard InChI is InChI=1S/2C8H9.Zr/c2*1-2-5-8-6-3-4-7-8;/h2*2-7H,1H3;/q2*-1;+2. The SMILES string of the molecule is CC=Cc1cc[cH-]c1.CC=Cc1cc[cH-]c1.[Zr+2]. The maximum Gasteiger partial charge on any atom is 2.00 e. The summed E-state index contributed by atoms with van der Waals surface area (Å²) in [4.78, 5) is 0. The Kier molecular flexibility index (Phi) is 9.67. The number of allylic oxidation sites excluding steroid dienone is 2. The molecule has 0 aliphatic heterocycles. The smallest absolute Gasteiger partial charge is 0.207 e. The Balaban J connectivity index is 0.000000284. The number of hydrogen-bond donors (Lipinski definition) is 0. The Bertz CT molecular complexity index is 360. The average Bonchev–Trinajstić information content (AvgIpc) is 2.92. The first-order valence-corrected chi connectivity index (χ1v) is 5.55. The largest absolute Gasteiger partial charge is 2.00 e. The molecule has 0 nitrogen and oxygen atoms in total. The molecule has 17 heavy (non-hydrogen) atoms. The van der Waals surface area contributed by atoms with Crippen molar-refractivity contribution < 1.29 is 26.2 Å². The zero-order valence-electron chi connectivity index (χ0n) is 10.4. The quantitative estimate of drug-likeness (QED) is 0.694. The van der Waals surface area contributed by atoms with Gasteiger partial charge in [0.25, 0.3) is 0 Å². The molecule has 0 N–H and O–H groups in total. The molecule has 0 unspecified atom stereocenters. The Labute approximate surface area is 124 Å². The molecule has 0 radical (unpaired) electrons. The first kappa shape index (κ1) is 16.1. The number of hydrogen-bond acceptors (Lipinski definition) is 0. The van der Waals surface area contributed by atoms with E-state index in [4.69, 9.17) is 0 Å². The van der Waals surface area contributed by atoms with E-state index in [1.807, 2.05) is 50.3 Å². The summed E-state index contributed by atoms with van der Waals surface area (Å²) in [7, 11) is 0. The first-order valence-electron chi connectivity index (χ1n) is 5.55. The van der Waals surface area contributed by atoms with Gasteiger partial charge in [-0.3, -0.25) is 0 Å². The molecule has 86 valence electrons. The van der Waals surface area contributed by atoms with Crippen LogP contribution in [0.5, 0.6) is 0 Å². The van der Waals surface area contributed by atoms with Crippen molar-refractivity contribution in [3.63, 3.8) is 0 Å². The Morgan fingerprint density at radius 1 is 0.824 bits per heavy atom. The minimum atomic E-state index is 0. The van der Waals surface area contributed by atoms with Gasteiger partial charge in [0, 0.05) is 0 Å². The van der Waals surface area contributed by atoms with Crippen LogP contribution in [0.2, 0.25) is 0 Å². The summed E-state index contributed by atoms with van der Waals surface area (Å²) in [6.45, 7) is 4.04. The van der Waals surface area contributed by atoms with Crippen LogP contribution in [0.1, 0.15) is 25.0 Å². The maximum atomic E-state index is 2.08. The minimum absolute atomic E-state index is 0. The molecule has 0 saturated carbocycles. The molecule has 0 aliphatic carbocycles. The first-order chi connectivity index (χ1) is 7.86. The van der Waals surface area contributed by atoms with Crippen LogP contribution in [-0.2, 0) is 26.2 Å². The summed E-state index contributed by atoms with van der Waals surface area (Å²) in [5.41, 5.74) is 2.57. The van der Waals surface area contributed by atoms with Gasteiger partial charge in [0.15, 0.2) is 0 Å². The van der Waals surface area contributed by atoms with E-state index in [0.29, 0.717) is 0 Å². The fraction of sp³-hybridized carbons (Fsp3) is 0.125. The molecule has 0 amide bonds. The van der Waals surface area contributed by atoms with Crippen LogP contribution in [0.25, 0.3) is 12.2 Å². The molecule has 0 spiro atoms. The zero-order valence-corrected chi connectivity index (χ0v) is 12.9. The predicted octanol–water partition coefficient (Wildman–Crippen LogP) is 4.87. The van der Waals surface area contributed by atoms with Gasteiger partial charge >= 0.3 is 26.2 Å². The van der Waals surface area contributed by atoms with Crippen LogP contribution in [0.3, 0.4) is 0 Å². The fourth-order valence-electron chi connectivity index (χ4n) is 1.38. The molecule has 2 rings (SSSR count). The van der Waals surface area contributed by atoms with E-state index in [9.17, 15) is 0 Å². The van der Waals surface area contributed by atoms with Crippen molar-refractivity contribution in [2.24, 2.45) is 0 Å². The molecule has 0 saturated heterocycles. The third kappa shape index (κ3) is 7.07. The summed E-state index contributed by atoms with van der Waals surface area (Å²) in [5, 5.41) is 0. The summed E-state index contributed by atoms with van der Waals surface area (Å²) < 4.78 is 0. The van der Waals surface area contributed by atoms with Crippen molar-refractivity contribution in [1.29, 1.82) is 0 Å². The van der Waals surface area contributed by atoms with Gasteiger partial charge in [0.05, 0.1) is 0 Å². The Morgan fingerprint density at radius 2 is 1.24 bits per heavy atom. The van der Waals surface area contributed by atoms with E-state index >= 15 is 0 Å². The van der Waals surface area contributed by atoms with E-state index in [1.165, 1.54) is 11.1 Å². The summed E-state index contributed by atoms with van der Waals surface area (Å²) in [5.74, 6) is 0. The van der Waals surface area contributed by atoms with Crippen LogP contribution in [-0.4, -0.2) is 0 Å². The molecular weight excluding hydrogens is 283 g/mol. The van der Waals surface area contributed by atoms with Crippen LogP contribution in [0.15, 0.2) is 60.7 Å². The van der Waals surface area contributed by atoms with E-state index in [0.717, 1.165) is 0 Å². The van der Waals surface area contributed by atoms with Gasteiger partial charge < -0.3 is 0 Å². The molecule has 2 aromatic rings. The maximum absolute atomic E-state index is 2.08. The predicted molar refractivity (Wildman–Crippen MR) is 73.5 cm³/mol. The minimum Gasteiger partial charge on any atom is -0.207 e. The van der Waals surface area contributed by atoms with Crippen LogP contribution >= 0.6 is 0 Å². The molecule has 0 bridgehead atoms. The van der Waals surface area contributed by atoms with Gasteiger partial charge in [-0.1, -0.05) is 0 Å². The van der Waals surface area contributed by atoms with Gasteiger partial charge in [0.2, 0.25) is 0 Å². The van der Waals surface area contributed by atoms with Crippen molar-refractivity contribution in [3.8, 4) is 0 Å². The zero-order chi connectivity index (χ0) is 11.6. The molecule has 1 heteroatoms. The van der Waals surface area contributed by atoms with E-state index < -0.39 is 0 Å². The number of rotatable bonds is 2. The molecule has 0 aliphatic rings. The Hall–Kier alpha value is -0.937. The van der Waals surface area contributed by atoms with Crippen molar-refractivity contribution in [1.82, 2.24) is 0 Å². The van der Waals surface area contributed by atoms with Crippen LogP contribution in [0.4, 0.5) is 0 Å². The van der Waals surface area contributed by atoms with Gasteiger partial charge in [-0.25, -0.2) is 12.1 Å². The normalized spacial score (nSPS) is 10.0. The molecule has 2 aromatic carbocycles. The molecular formula is C16H18Zr. The molecule has 0 aromatic heterocycles. The average molecular weight is 302 g/mol. The second-order valence-electron chi connectivity index (χ2n) is 3.44. The topological polar surface area (TPSA) is 0 Å². The van der Waals surface area contributed by atoms with E-state index in [1.54, 1.807) is 0 Å². The van der Waals surface area contributed by atoms with Crippen molar-refractivity contribution in [2.75, 3.05) is 0 Å². The van der Waals surface area contributed by atoms with Gasteiger partial charge in [-0.15, -0.1) is 24.3 Å². The van der Waals surface area contributed by atoms with Crippen molar-refractivity contribution >= 4 is 12.2 Å². The van der Waals surface area contributed by atoms with E-state index in [-0.39, 0.29) is 26.2 Å². The molecule has 0 atom stereocenters. The van der Waals surface area contributed by atoms with Gasteiger partial charge in [-0.2, -0.15) is 47.5 Å². The van der Waals surface area contributed by atoms with Gasteiger partial charge in [0.1, 0.15) is 0 Å². The summed E-state index contributed by atoms with van der Waals surface area (Å²) in [6, 6.07) is 16.5. The van der Waals surface area contributed by atoms with E-state index in [2.05, 4.69) is 36.4 Å². The fourth-order valence-corrected chi connectivity index (χ4v) is 1.38. The second-order valence-corrected chi connectivity index (χ2v) is 3.44. The molecule has 0 heterocycles. The second kappa shape index (κ2) is 10.2. The summed E-state index contributed by atoms with van der Waals surface area (Å²) in [6.07, 6.45) is 8.24. The molecule has 0 fully saturated rings. The third-order valence-electron chi connectivity index (χ3n) is 2.10. The monoisotopic (exact) mass is 300 g/mol. The van der Waals surface area contributed by atoms with Crippen molar-refractivity contribution in [2.45, 2.75) is 13.8 Å². The van der Waals surface area contributed by atoms with Crippen molar-refractivity contribution in [3.05, 3.63) is 71.8 Å². The third-order valence-corrected chi connectivity index (χ3v) is 2.10. The van der Waals surface area contributed by atoms with Gasteiger partial charge in [-0.05, 0) is 13.8 Å². The Morgan fingerprint density at radius 3 is 1.47 bits per heavy atom. The van der Waals surface area contributed by atoms with Crippen LogP contribution in [0, 0.1) is 0 Å². The summed E-state index contributed by atoms with van der Waals surface area (Å²) >= 11 is 0. The van der Waals surface area contributed by atoms with Crippen LogP contribution < -0.4 is 0 Å².